The third-order valence-electron chi connectivity index (χ3n) is 3.85. The van der Waals surface area contributed by atoms with E-state index in [0.717, 1.165) is 30.7 Å². The molecule has 0 radical (unpaired) electrons. The molecule has 2 nitrogen and oxygen atoms in total. The lowest BCUT2D eigenvalue weighted by Crippen LogP contribution is -2.32. The zero-order valence-electron chi connectivity index (χ0n) is 10.9. The van der Waals surface area contributed by atoms with Gasteiger partial charge in [-0.3, -0.25) is 0 Å². The van der Waals surface area contributed by atoms with Crippen molar-refractivity contribution in [2.75, 3.05) is 13.7 Å². The van der Waals surface area contributed by atoms with Gasteiger partial charge in [-0.1, -0.05) is 31.5 Å². The van der Waals surface area contributed by atoms with Crippen LogP contribution >= 0.6 is 0 Å². The molecule has 0 aromatic heterocycles. The number of methoxy groups -OCH3 is 1. The second-order valence-electron chi connectivity index (χ2n) is 5.03. The van der Waals surface area contributed by atoms with Gasteiger partial charge in [0.05, 0.1) is 7.11 Å². The van der Waals surface area contributed by atoms with Crippen molar-refractivity contribution in [2.24, 2.45) is 5.92 Å². The van der Waals surface area contributed by atoms with Gasteiger partial charge < -0.3 is 10.1 Å². The Morgan fingerprint density at radius 1 is 1.29 bits per heavy atom. The number of hydrogen-bond donors (Lipinski definition) is 1. The molecule has 17 heavy (non-hydrogen) atoms. The highest BCUT2D eigenvalue weighted by Gasteiger charge is 2.22. The molecule has 0 heterocycles. The minimum atomic E-state index is 0.727. The summed E-state index contributed by atoms with van der Waals surface area (Å²) in [6.07, 6.45) is 5.15. The van der Waals surface area contributed by atoms with Crippen molar-refractivity contribution < 1.29 is 4.74 Å². The highest BCUT2D eigenvalue weighted by Crippen LogP contribution is 2.25. The summed E-state index contributed by atoms with van der Waals surface area (Å²) < 4.78 is 5.36. The van der Waals surface area contributed by atoms with Gasteiger partial charge in [-0.2, -0.15) is 0 Å². The molecular formula is C15H23NO. The Bertz CT molecular complexity index is 351. The molecule has 1 N–H and O–H groups in total. The van der Waals surface area contributed by atoms with Gasteiger partial charge in [0.25, 0.3) is 0 Å². The summed E-state index contributed by atoms with van der Waals surface area (Å²) >= 11 is 0. The van der Waals surface area contributed by atoms with Crippen molar-refractivity contribution in [1.29, 1.82) is 0 Å². The Balaban J connectivity index is 1.81. The summed E-state index contributed by atoms with van der Waals surface area (Å²) in [6.45, 7) is 3.41. The van der Waals surface area contributed by atoms with Gasteiger partial charge in [0, 0.05) is 6.04 Å². The molecular weight excluding hydrogens is 210 g/mol. The van der Waals surface area contributed by atoms with Crippen LogP contribution in [0, 0.1) is 5.92 Å². The maximum Gasteiger partial charge on any atom is 0.122 e. The standard InChI is InChI=1S/C15H23NO/c1-12-6-5-8-14(12)16-11-10-13-7-3-4-9-15(13)17-2/h3-4,7,9,12,14,16H,5-6,8,10-11H2,1-2H3. The number of nitrogens with one attached hydrogen (secondary N) is 1. The molecule has 0 bridgehead atoms. The Kier molecular flexibility index (Phi) is 4.43. The van der Waals surface area contributed by atoms with E-state index in [1.54, 1.807) is 7.11 Å². The quantitative estimate of drug-likeness (QED) is 0.844. The smallest absolute Gasteiger partial charge is 0.122 e. The Hall–Kier alpha value is -1.02. The predicted molar refractivity (Wildman–Crippen MR) is 71.5 cm³/mol. The lowest BCUT2D eigenvalue weighted by atomic mass is 10.1. The topological polar surface area (TPSA) is 21.3 Å². The highest BCUT2D eigenvalue weighted by molar-refractivity contribution is 5.33. The van der Waals surface area contributed by atoms with Crippen LogP contribution in [0.2, 0.25) is 0 Å². The Morgan fingerprint density at radius 2 is 2.12 bits per heavy atom. The van der Waals surface area contributed by atoms with Crippen LogP contribution < -0.4 is 10.1 Å². The molecule has 1 aromatic carbocycles. The van der Waals surface area contributed by atoms with Crippen molar-refractivity contribution in [3.05, 3.63) is 29.8 Å². The molecule has 2 heteroatoms. The Labute approximate surface area is 104 Å². The van der Waals surface area contributed by atoms with E-state index in [2.05, 4.69) is 24.4 Å². The minimum Gasteiger partial charge on any atom is -0.496 e. The monoisotopic (exact) mass is 233 g/mol. The average molecular weight is 233 g/mol. The number of benzene rings is 1. The molecule has 2 atom stereocenters. The molecule has 2 unspecified atom stereocenters. The average Bonchev–Trinajstić information content (AvgIpc) is 2.76. The molecule has 1 aliphatic carbocycles. The number of rotatable bonds is 5. The molecule has 2 rings (SSSR count). The van der Waals surface area contributed by atoms with E-state index >= 15 is 0 Å². The van der Waals surface area contributed by atoms with Gasteiger partial charge >= 0.3 is 0 Å². The zero-order valence-corrected chi connectivity index (χ0v) is 10.9. The van der Waals surface area contributed by atoms with E-state index < -0.39 is 0 Å². The molecule has 0 amide bonds. The van der Waals surface area contributed by atoms with Crippen LogP contribution in [-0.2, 0) is 6.42 Å². The van der Waals surface area contributed by atoms with Crippen molar-refractivity contribution in [2.45, 2.75) is 38.6 Å². The Morgan fingerprint density at radius 3 is 2.82 bits per heavy atom. The minimum absolute atomic E-state index is 0.727. The van der Waals surface area contributed by atoms with Gasteiger partial charge in [-0.15, -0.1) is 0 Å². The van der Waals surface area contributed by atoms with Crippen LogP contribution in [0.1, 0.15) is 31.7 Å². The fourth-order valence-corrected chi connectivity index (χ4v) is 2.75. The first-order valence-electron chi connectivity index (χ1n) is 6.66. The fourth-order valence-electron chi connectivity index (χ4n) is 2.75. The molecule has 1 fully saturated rings. The molecule has 0 aliphatic heterocycles. The van der Waals surface area contributed by atoms with E-state index in [0.29, 0.717) is 0 Å². The van der Waals surface area contributed by atoms with Crippen LogP contribution in [0.4, 0.5) is 0 Å². The first-order chi connectivity index (χ1) is 8.31. The van der Waals surface area contributed by atoms with E-state index in [9.17, 15) is 0 Å². The number of para-hydroxylation sites is 1. The predicted octanol–water partition coefficient (Wildman–Crippen LogP) is 3.02. The van der Waals surface area contributed by atoms with Gasteiger partial charge in [0.15, 0.2) is 0 Å². The third kappa shape index (κ3) is 3.22. The molecule has 1 aromatic rings. The maximum absolute atomic E-state index is 5.36. The second kappa shape index (κ2) is 6.06. The van der Waals surface area contributed by atoms with Crippen molar-refractivity contribution in [1.82, 2.24) is 5.32 Å². The normalized spacial score (nSPS) is 23.9. The summed E-state index contributed by atoms with van der Waals surface area (Å²) in [5, 5.41) is 3.68. The van der Waals surface area contributed by atoms with Gasteiger partial charge in [-0.05, 0) is 43.4 Å². The summed E-state index contributed by atoms with van der Waals surface area (Å²) in [6, 6.07) is 9.02. The van der Waals surface area contributed by atoms with Gasteiger partial charge in [-0.25, -0.2) is 0 Å². The van der Waals surface area contributed by atoms with E-state index in [1.165, 1.54) is 24.8 Å². The molecule has 1 aliphatic rings. The first-order valence-corrected chi connectivity index (χ1v) is 6.66. The van der Waals surface area contributed by atoms with Crippen LogP contribution in [0.5, 0.6) is 5.75 Å². The van der Waals surface area contributed by atoms with Gasteiger partial charge in [0.2, 0.25) is 0 Å². The van der Waals surface area contributed by atoms with Crippen LogP contribution in [0.3, 0.4) is 0 Å². The summed E-state index contributed by atoms with van der Waals surface area (Å²) in [5.74, 6) is 1.85. The molecule has 0 saturated heterocycles. The van der Waals surface area contributed by atoms with Gasteiger partial charge in [0.1, 0.15) is 5.75 Å². The molecule has 1 saturated carbocycles. The summed E-state index contributed by atoms with van der Waals surface area (Å²) in [7, 11) is 1.74. The van der Waals surface area contributed by atoms with E-state index in [1.807, 2.05) is 12.1 Å². The highest BCUT2D eigenvalue weighted by atomic mass is 16.5. The molecule has 0 spiro atoms. The van der Waals surface area contributed by atoms with Crippen molar-refractivity contribution in [3.8, 4) is 5.75 Å². The lowest BCUT2D eigenvalue weighted by Gasteiger charge is -2.17. The van der Waals surface area contributed by atoms with E-state index in [4.69, 9.17) is 4.74 Å². The summed E-state index contributed by atoms with van der Waals surface area (Å²) in [5.41, 5.74) is 1.30. The first kappa shape index (κ1) is 12.4. The number of hydrogen-bond acceptors (Lipinski definition) is 2. The van der Waals surface area contributed by atoms with Crippen LogP contribution in [0.15, 0.2) is 24.3 Å². The van der Waals surface area contributed by atoms with Crippen LogP contribution in [-0.4, -0.2) is 19.7 Å². The lowest BCUT2D eigenvalue weighted by molar-refractivity contribution is 0.404. The van der Waals surface area contributed by atoms with Crippen molar-refractivity contribution >= 4 is 0 Å². The number of ether oxygens (including phenoxy) is 1. The maximum atomic E-state index is 5.36. The summed E-state index contributed by atoms with van der Waals surface area (Å²) in [4.78, 5) is 0. The van der Waals surface area contributed by atoms with E-state index in [-0.39, 0.29) is 0 Å². The molecule has 94 valence electrons. The second-order valence-corrected chi connectivity index (χ2v) is 5.03. The zero-order chi connectivity index (χ0) is 12.1. The fraction of sp³-hybridized carbons (Fsp3) is 0.600. The van der Waals surface area contributed by atoms with Crippen LogP contribution in [0.25, 0.3) is 0 Å². The third-order valence-corrected chi connectivity index (χ3v) is 3.85. The van der Waals surface area contributed by atoms with Crippen molar-refractivity contribution in [3.63, 3.8) is 0 Å². The largest absolute Gasteiger partial charge is 0.496 e. The SMILES string of the molecule is COc1ccccc1CCNC1CCCC1C.